The van der Waals surface area contributed by atoms with E-state index in [0.29, 0.717) is 12.8 Å². The monoisotopic (exact) mass is 813 g/mol. The van der Waals surface area contributed by atoms with Crippen molar-refractivity contribution in [3.8, 4) is 0 Å². The molecule has 0 N–H and O–H groups in total. The van der Waals surface area contributed by atoms with Gasteiger partial charge in [0, 0.05) is 19.3 Å². The van der Waals surface area contributed by atoms with Gasteiger partial charge in [0.2, 0.25) is 0 Å². The molecule has 328 valence electrons. The fourth-order valence-electron chi connectivity index (χ4n) is 5.48. The van der Waals surface area contributed by atoms with Crippen molar-refractivity contribution < 1.29 is 28.6 Å². The maximum atomic E-state index is 12.7. The minimum absolute atomic E-state index is 0.127. The molecule has 0 aromatic carbocycles. The van der Waals surface area contributed by atoms with Crippen LogP contribution in [0.15, 0.2) is 134 Å². The van der Waals surface area contributed by atoms with Gasteiger partial charge in [-0.2, -0.15) is 0 Å². The predicted molar refractivity (Wildman–Crippen MR) is 251 cm³/mol. The van der Waals surface area contributed by atoms with Crippen LogP contribution in [0.25, 0.3) is 0 Å². The van der Waals surface area contributed by atoms with E-state index >= 15 is 0 Å². The zero-order valence-electron chi connectivity index (χ0n) is 37.2. The van der Waals surface area contributed by atoms with Gasteiger partial charge in [-0.15, -0.1) is 0 Å². The Balaban J connectivity index is 4.57. The minimum Gasteiger partial charge on any atom is -0.462 e. The smallest absolute Gasteiger partial charge is 0.306 e. The molecule has 0 rings (SSSR count). The molecule has 0 fully saturated rings. The molecular weight excluding hydrogens is 733 g/mol. The quantitative estimate of drug-likeness (QED) is 0.0203. The van der Waals surface area contributed by atoms with Gasteiger partial charge in [-0.3, -0.25) is 14.4 Å². The normalized spacial score (nSPS) is 13.3. The molecule has 6 nitrogen and oxygen atoms in total. The SMILES string of the molecule is CC\C=C/C=C\C=C/C=C\C=C/CCCCCC(=O)OCC(COC(=O)CCC/C=C\C/C=C\C/C=C\CC)OC(=O)CCCCCCCCC\C=C/C=C\C=C/CC. The van der Waals surface area contributed by atoms with Gasteiger partial charge in [0.15, 0.2) is 6.10 Å². The largest absolute Gasteiger partial charge is 0.462 e. The van der Waals surface area contributed by atoms with Gasteiger partial charge in [-0.1, -0.05) is 193 Å². The zero-order valence-corrected chi connectivity index (χ0v) is 37.2. The zero-order chi connectivity index (χ0) is 43.0. The summed E-state index contributed by atoms with van der Waals surface area (Å²) < 4.78 is 16.6. The first-order chi connectivity index (χ1) is 29.0. The standard InChI is InChI=1S/C53H80O6/c1-4-7-10-13-16-19-22-24-26-28-31-34-37-40-43-46-52(55)58-49-50(48-57-51(54)45-42-39-36-33-30-21-18-15-12-9-6-3)59-53(56)47-44-41-38-35-32-29-27-25-23-20-17-14-11-8-5-2/h7-14,16-24,26,28,31,33,36,50H,4-6,15,25,27,29-30,32,34-35,37-49H2,1-3H3/b10-7-,11-8-,12-9-,16-13-,17-14-,21-18-,22-19-,23-20-,26-24-,31-28-,36-33-. The molecule has 0 radical (unpaired) electrons. The topological polar surface area (TPSA) is 78.9 Å². The van der Waals surface area contributed by atoms with Crippen molar-refractivity contribution in [2.24, 2.45) is 0 Å². The molecule has 0 aliphatic heterocycles. The van der Waals surface area contributed by atoms with Gasteiger partial charge in [0.25, 0.3) is 0 Å². The Labute approximate surface area is 360 Å². The second-order valence-electron chi connectivity index (χ2n) is 14.3. The maximum Gasteiger partial charge on any atom is 0.306 e. The lowest BCUT2D eigenvalue weighted by molar-refractivity contribution is -0.167. The molecule has 0 aromatic rings. The Morgan fingerprint density at radius 2 is 0.712 bits per heavy atom. The maximum absolute atomic E-state index is 12.7. The number of esters is 3. The highest BCUT2D eigenvalue weighted by Crippen LogP contribution is 2.12. The molecule has 0 aliphatic rings. The Morgan fingerprint density at radius 1 is 0.356 bits per heavy atom. The van der Waals surface area contributed by atoms with E-state index in [1.165, 1.54) is 19.3 Å². The van der Waals surface area contributed by atoms with Crippen molar-refractivity contribution in [1.29, 1.82) is 0 Å². The molecule has 1 atom stereocenters. The first-order valence-corrected chi connectivity index (χ1v) is 22.8. The van der Waals surface area contributed by atoms with Gasteiger partial charge in [0.05, 0.1) is 0 Å². The summed E-state index contributed by atoms with van der Waals surface area (Å²) in [4.78, 5) is 37.8. The molecule has 0 aliphatic carbocycles. The van der Waals surface area contributed by atoms with Crippen LogP contribution in [0.4, 0.5) is 0 Å². The summed E-state index contributed by atoms with van der Waals surface area (Å²) in [5.41, 5.74) is 0. The predicted octanol–water partition coefficient (Wildman–Crippen LogP) is 14.7. The first kappa shape index (κ1) is 54.6. The second kappa shape index (κ2) is 46.2. The highest BCUT2D eigenvalue weighted by Gasteiger charge is 2.19. The van der Waals surface area contributed by atoms with Crippen LogP contribution in [0.3, 0.4) is 0 Å². The number of hydrogen-bond acceptors (Lipinski definition) is 6. The van der Waals surface area contributed by atoms with Gasteiger partial charge >= 0.3 is 17.9 Å². The molecule has 6 heteroatoms. The lowest BCUT2D eigenvalue weighted by Gasteiger charge is -2.18. The van der Waals surface area contributed by atoms with E-state index in [2.05, 4.69) is 106 Å². The van der Waals surface area contributed by atoms with Crippen molar-refractivity contribution in [3.05, 3.63) is 134 Å². The van der Waals surface area contributed by atoms with Crippen LogP contribution in [0, 0.1) is 0 Å². The Hall–Kier alpha value is -4.45. The molecule has 0 heterocycles. The molecule has 0 amide bonds. The lowest BCUT2D eigenvalue weighted by Crippen LogP contribution is -2.30. The van der Waals surface area contributed by atoms with E-state index in [1.54, 1.807) is 0 Å². The average Bonchev–Trinajstić information content (AvgIpc) is 3.23. The fourth-order valence-corrected chi connectivity index (χ4v) is 5.48. The Kier molecular flexibility index (Phi) is 42.8. The Morgan fingerprint density at radius 3 is 1.22 bits per heavy atom. The minimum atomic E-state index is -0.825. The van der Waals surface area contributed by atoms with E-state index in [0.717, 1.165) is 96.3 Å². The van der Waals surface area contributed by atoms with Gasteiger partial charge in [-0.05, 0) is 83.5 Å². The number of hydrogen-bond donors (Lipinski definition) is 0. The highest BCUT2D eigenvalue weighted by molar-refractivity contribution is 5.71. The Bertz CT molecular complexity index is 1350. The summed E-state index contributed by atoms with van der Waals surface area (Å²) in [7, 11) is 0. The van der Waals surface area contributed by atoms with E-state index in [4.69, 9.17) is 14.2 Å². The third-order valence-electron chi connectivity index (χ3n) is 8.82. The number of allylic oxidation sites excluding steroid dienone is 22. The number of rotatable bonds is 38. The lowest BCUT2D eigenvalue weighted by atomic mass is 10.1. The van der Waals surface area contributed by atoms with Crippen molar-refractivity contribution in [3.63, 3.8) is 0 Å². The molecular formula is C53H80O6. The number of carbonyl (C=O) groups excluding carboxylic acids is 3. The van der Waals surface area contributed by atoms with E-state index in [1.807, 2.05) is 48.6 Å². The summed E-state index contributed by atoms with van der Waals surface area (Å²) >= 11 is 0. The molecule has 0 bridgehead atoms. The van der Waals surface area contributed by atoms with Crippen molar-refractivity contribution in [1.82, 2.24) is 0 Å². The molecule has 0 saturated heterocycles. The van der Waals surface area contributed by atoms with Crippen LogP contribution < -0.4 is 0 Å². The number of unbranched alkanes of at least 4 members (excludes halogenated alkanes) is 11. The second-order valence-corrected chi connectivity index (χ2v) is 14.3. The summed E-state index contributed by atoms with van der Waals surface area (Å²) in [6, 6.07) is 0. The van der Waals surface area contributed by atoms with E-state index in [9.17, 15) is 14.4 Å². The van der Waals surface area contributed by atoms with E-state index in [-0.39, 0.29) is 44.0 Å². The summed E-state index contributed by atoms with van der Waals surface area (Å²) in [5, 5.41) is 0. The van der Waals surface area contributed by atoms with Crippen molar-refractivity contribution in [2.75, 3.05) is 13.2 Å². The third kappa shape index (κ3) is 44.5. The van der Waals surface area contributed by atoms with Crippen LogP contribution in [0.2, 0.25) is 0 Å². The molecule has 0 aromatic heterocycles. The van der Waals surface area contributed by atoms with Crippen LogP contribution in [-0.4, -0.2) is 37.2 Å². The number of carbonyl (C=O) groups is 3. The number of ether oxygens (including phenoxy) is 3. The van der Waals surface area contributed by atoms with Crippen LogP contribution >= 0.6 is 0 Å². The van der Waals surface area contributed by atoms with Crippen LogP contribution in [-0.2, 0) is 28.6 Å². The van der Waals surface area contributed by atoms with Gasteiger partial charge < -0.3 is 14.2 Å². The third-order valence-corrected chi connectivity index (χ3v) is 8.82. The van der Waals surface area contributed by atoms with Crippen molar-refractivity contribution in [2.45, 2.75) is 168 Å². The summed E-state index contributed by atoms with van der Waals surface area (Å²) in [6.45, 7) is 6.11. The summed E-state index contributed by atoms with van der Waals surface area (Å²) in [6.07, 6.45) is 64.4. The fraction of sp³-hybridized carbons (Fsp3) is 0.528. The van der Waals surface area contributed by atoms with Crippen LogP contribution in [0.1, 0.15) is 162 Å². The van der Waals surface area contributed by atoms with Crippen molar-refractivity contribution >= 4 is 17.9 Å². The summed E-state index contributed by atoms with van der Waals surface area (Å²) in [5.74, 6) is -1.05. The van der Waals surface area contributed by atoms with Crippen LogP contribution in [0.5, 0.6) is 0 Å². The molecule has 59 heavy (non-hydrogen) atoms. The van der Waals surface area contributed by atoms with Gasteiger partial charge in [0.1, 0.15) is 13.2 Å². The highest BCUT2D eigenvalue weighted by atomic mass is 16.6. The molecule has 0 saturated carbocycles. The molecule has 1 unspecified atom stereocenters. The average molecular weight is 813 g/mol. The first-order valence-electron chi connectivity index (χ1n) is 22.8. The van der Waals surface area contributed by atoms with Gasteiger partial charge in [-0.25, -0.2) is 0 Å². The molecule has 0 spiro atoms. The van der Waals surface area contributed by atoms with E-state index < -0.39 is 6.10 Å².